The van der Waals surface area contributed by atoms with Crippen LogP contribution in [0.4, 0.5) is 0 Å². The first kappa shape index (κ1) is 8.95. The van der Waals surface area contributed by atoms with Gasteiger partial charge in [-0.05, 0) is 6.92 Å². The van der Waals surface area contributed by atoms with Crippen molar-refractivity contribution in [3.63, 3.8) is 0 Å². The van der Waals surface area contributed by atoms with Gasteiger partial charge in [0.1, 0.15) is 0 Å². The molecule has 0 radical (unpaired) electrons. The summed E-state index contributed by atoms with van der Waals surface area (Å²) >= 11 is 3.35. The Labute approximate surface area is 64.1 Å². The van der Waals surface area contributed by atoms with Gasteiger partial charge in [-0.25, -0.2) is 0 Å². The Balaban J connectivity index is 3.50. The van der Waals surface area contributed by atoms with E-state index in [0.717, 1.165) is 0 Å². The number of hydrogen-bond acceptors (Lipinski definition) is 1. The van der Waals surface area contributed by atoms with Crippen molar-refractivity contribution in [1.29, 1.82) is 0 Å². The van der Waals surface area contributed by atoms with Gasteiger partial charge in [0.2, 0.25) is 5.91 Å². The molecule has 0 aliphatic carbocycles. The molecule has 0 aromatic carbocycles. The fourth-order valence-corrected chi connectivity index (χ4v) is 0.568. The van der Waals surface area contributed by atoms with E-state index in [1.165, 1.54) is 6.92 Å². The standard InChI is InChI=1S/C6H12BrNO/c1-4(7)5(2)8-6(3)9/h4-5H,1-3H3,(H,8,9)/t4-,5-/m1/s1. The molecular formula is C6H12BrNO. The molecule has 3 heteroatoms. The molecule has 54 valence electrons. The molecule has 2 nitrogen and oxygen atoms in total. The third-order valence-corrected chi connectivity index (χ3v) is 1.91. The zero-order chi connectivity index (χ0) is 7.44. The Bertz CT molecular complexity index is 103. The zero-order valence-corrected chi connectivity index (χ0v) is 7.53. The number of carbonyl (C=O) groups excluding carboxylic acids is 1. The van der Waals surface area contributed by atoms with Gasteiger partial charge in [0, 0.05) is 17.8 Å². The molecule has 2 atom stereocenters. The molecule has 0 spiro atoms. The van der Waals surface area contributed by atoms with E-state index in [-0.39, 0.29) is 11.9 Å². The molecule has 0 bridgehead atoms. The van der Waals surface area contributed by atoms with Crippen molar-refractivity contribution in [2.75, 3.05) is 0 Å². The summed E-state index contributed by atoms with van der Waals surface area (Å²) in [5.74, 6) is 0.0220. The predicted molar refractivity (Wildman–Crippen MR) is 41.7 cm³/mol. The molecule has 0 aliphatic rings. The summed E-state index contributed by atoms with van der Waals surface area (Å²) in [4.78, 5) is 10.8. The van der Waals surface area contributed by atoms with Gasteiger partial charge < -0.3 is 5.32 Å². The highest BCUT2D eigenvalue weighted by Crippen LogP contribution is 2.02. The predicted octanol–water partition coefficient (Wildman–Crippen LogP) is 1.29. The van der Waals surface area contributed by atoms with E-state index in [9.17, 15) is 4.79 Å². The Morgan fingerprint density at radius 3 is 2.11 bits per heavy atom. The average molecular weight is 194 g/mol. The number of amides is 1. The topological polar surface area (TPSA) is 29.1 Å². The molecule has 0 saturated heterocycles. The summed E-state index contributed by atoms with van der Waals surface area (Å²) in [6, 6.07) is 0.211. The summed E-state index contributed by atoms with van der Waals surface area (Å²) in [7, 11) is 0. The molecule has 1 amide bonds. The van der Waals surface area contributed by atoms with Crippen molar-refractivity contribution in [3.8, 4) is 0 Å². The molecule has 9 heavy (non-hydrogen) atoms. The first-order valence-corrected chi connectivity index (χ1v) is 3.86. The summed E-state index contributed by atoms with van der Waals surface area (Å²) in [5, 5.41) is 2.76. The number of halogens is 1. The lowest BCUT2D eigenvalue weighted by molar-refractivity contribution is -0.119. The van der Waals surface area contributed by atoms with Crippen molar-refractivity contribution in [2.24, 2.45) is 0 Å². The highest BCUT2D eigenvalue weighted by Gasteiger charge is 2.07. The van der Waals surface area contributed by atoms with Gasteiger partial charge in [-0.3, -0.25) is 4.79 Å². The van der Waals surface area contributed by atoms with E-state index in [1.807, 2.05) is 13.8 Å². The van der Waals surface area contributed by atoms with Crippen LogP contribution in [0.3, 0.4) is 0 Å². The fraction of sp³-hybridized carbons (Fsp3) is 0.833. The number of rotatable bonds is 2. The monoisotopic (exact) mass is 193 g/mol. The number of nitrogens with one attached hydrogen (secondary N) is 1. The molecule has 1 N–H and O–H groups in total. The van der Waals surface area contributed by atoms with Crippen LogP contribution in [-0.2, 0) is 4.79 Å². The van der Waals surface area contributed by atoms with Crippen LogP contribution in [0.2, 0.25) is 0 Å². The fourth-order valence-electron chi connectivity index (χ4n) is 0.435. The van der Waals surface area contributed by atoms with Crippen LogP contribution >= 0.6 is 15.9 Å². The van der Waals surface area contributed by atoms with Crippen LogP contribution in [0.25, 0.3) is 0 Å². The van der Waals surface area contributed by atoms with Crippen LogP contribution in [0.15, 0.2) is 0 Å². The minimum atomic E-state index is 0.0220. The normalized spacial score (nSPS) is 16.4. The highest BCUT2D eigenvalue weighted by atomic mass is 79.9. The SMILES string of the molecule is CC(=O)N[C@H](C)[C@@H](C)Br. The van der Waals surface area contributed by atoms with E-state index in [2.05, 4.69) is 21.2 Å². The third-order valence-electron chi connectivity index (χ3n) is 1.12. The Hall–Kier alpha value is -0.0500. The van der Waals surface area contributed by atoms with Gasteiger partial charge >= 0.3 is 0 Å². The van der Waals surface area contributed by atoms with Gasteiger partial charge in [-0.15, -0.1) is 0 Å². The van der Waals surface area contributed by atoms with Gasteiger partial charge in [-0.1, -0.05) is 22.9 Å². The second kappa shape index (κ2) is 3.88. The van der Waals surface area contributed by atoms with Crippen molar-refractivity contribution in [1.82, 2.24) is 5.32 Å². The molecule has 0 aromatic heterocycles. The quantitative estimate of drug-likeness (QED) is 0.659. The summed E-state index contributed by atoms with van der Waals surface area (Å²) < 4.78 is 0. The minimum Gasteiger partial charge on any atom is -0.353 e. The van der Waals surface area contributed by atoms with E-state index < -0.39 is 0 Å². The minimum absolute atomic E-state index is 0.0220. The zero-order valence-electron chi connectivity index (χ0n) is 5.94. The van der Waals surface area contributed by atoms with Crippen molar-refractivity contribution < 1.29 is 4.79 Å². The molecule has 0 fully saturated rings. The Morgan fingerprint density at radius 2 is 2.00 bits per heavy atom. The van der Waals surface area contributed by atoms with E-state index in [4.69, 9.17) is 0 Å². The lowest BCUT2D eigenvalue weighted by Gasteiger charge is -2.13. The molecule has 0 aliphatic heterocycles. The number of alkyl halides is 1. The van der Waals surface area contributed by atoms with Gasteiger partial charge in [0.15, 0.2) is 0 Å². The van der Waals surface area contributed by atoms with E-state index in [0.29, 0.717) is 4.83 Å². The Morgan fingerprint density at radius 1 is 1.56 bits per heavy atom. The lowest BCUT2D eigenvalue weighted by Crippen LogP contribution is -2.35. The van der Waals surface area contributed by atoms with Gasteiger partial charge in [0.25, 0.3) is 0 Å². The van der Waals surface area contributed by atoms with Crippen LogP contribution in [-0.4, -0.2) is 16.8 Å². The van der Waals surface area contributed by atoms with Crippen molar-refractivity contribution in [2.45, 2.75) is 31.6 Å². The van der Waals surface area contributed by atoms with E-state index >= 15 is 0 Å². The summed E-state index contributed by atoms with van der Waals surface area (Å²) in [6.07, 6.45) is 0. The summed E-state index contributed by atoms with van der Waals surface area (Å²) in [5.41, 5.74) is 0. The average Bonchev–Trinajstić information content (AvgIpc) is 1.63. The molecule has 0 saturated carbocycles. The first-order chi connectivity index (χ1) is 4.04. The second-order valence-corrected chi connectivity index (χ2v) is 3.61. The Kier molecular flexibility index (Phi) is 3.86. The van der Waals surface area contributed by atoms with Crippen molar-refractivity contribution >= 4 is 21.8 Å². The number of carbonyl (C=O) groups is 1. The van der Waals surface area contributed by atoms with Crippen LogP contribution in [0, 0.1) is 0 Å². The van der Waals surface area contributed by atoms with Gasteiger partial charge in [-0.2, -0.15) is 0 Å². The first-order valence-electron chi connectivity index (χ1n) is 2.95. The maximum atomic E-state index is 10.4. The third kappa shape index (κ3) is 4.45. The molecule has 0 unspecified atom stereocenters. The highest BCUT2D eigenvalue weighted by molar-refractivity contribution is 9.09. The van der Waals surface area contributed by atoms with Crippen LogP contribution in [0.5, 0.6) is 0 Å². The second-order valence-electron chi connectivity index (χ2n) is 2.17. The lowest BCUT2D eigenvalue weighted by atomic mass is 10.2. The maximum absolute atomic E-state index is 10.4. The van der Waals surface area contributed by atoms with Crippen LogP contribution < -0.4 is 5.32 Å². The molecule has 0 heterocycles. The largest absolute Gasteiger partial charge is 0.353 e. The number of hydrogen-bond donors (Lipinski definition) is 1. The van der Waals surface area contributed by atoms with Gasteiger partial charge in [0.05, 0.1) is 0 Å². The van der Waals surface area contributed by atoms with E-state index in [1.54, 1.807) is 0 Å². The summed E-state index contributed by atoms with van der Waals surface area (Å²) in [6.45, 7) is 5.48. The molecular weight excluding hydrogens is 182 g/mol. The maximum Gasteiger partial charge on any atom is 0.217 e. The van der Waals surface area contributed by atoms with Crippen LogP contribution in [0.1, 0.15) is 20.8 Å². The van der Waals surface area contributed by atoms with Crippen molar-refractivity contribution in [3.05, 3.63) is 0 Å². The molecule has 0 aromatic rings. The smallest absolute Gasteiger partial charge is 0.217 e. The molecule has 0 rings (SSSR count).